The third-order valence-electron chi connectivity index (χ3n) is 3.38. The fourth-order valence-electron chi connectivity index (χ4n) is 2.06. The van der Waals surface area contributed by atoms with E-state index in [4.69, 9.17) is 14.3 Å². The van der Waals surface area contributed by atoms with E-state index in [2.05, 4.69) is 26.8 Å². The minimum Gasteiger partial charge on any atom is -0.485 e. The first-order chi connectivity index (χ1) is 9.79. The lowest BCUT2D eigenvalue weighted by molar-refractivity contribution is 0.0692. The highest BCUT2D eigenvalue weighted by Crippen LogP contribution is 2.28. The van der Waals surface area contributed by atoms with Crippen molar-refractivity contribution in [3.05, 3.63) is 53.0 Å². The standard InChI is InChI=1S/C17H20O4/c1-11-9-12(17(2,3)4)5-6-14(11)21-10-15-13(16(18)19)7-8-20-15/h5-9H,10H2,1-4H3,(H,18,19). The molecule has 0 bridgehead atoms. The lowest BCUT2D eigenvalue weighted by Gasteiger charge is -2.20. The Morgan fingerprint density at radius 3 is 2.57 bits per heavy atom. The van der Waals surface area contributed by atoms with E-state index in [1.807, 2.05) is 19.1 Å². The fraction of sp³-hybridized carbons (Fsp3) is 0.353. The molecule has 0 aliphatic heterocycles. The van der Waals surface area contributed by atoms with Crippen molar-refractivity contribution in [2.45, 2.75) is 39.7 Å². The molecule has 112 valence electrons. The summed E-state index contributed by atoms with van der Waals surface area (Å²) in [6.07, 6.45) is 1.36. The predicted octanol–water partition coefficient (Wildman–Crippen LogP) is 4.16. The van der Waals surface area contributed by atoms with Crippen LogP contribution in [0.3, 0.4) is 0 Å². The van der Waals surface area contributed by atoms with Crippen LogP contribution in [0.25, 0.3) is 0 Å². The number of carboxylic acids is 1. The zero-order chi connectivity index (χ0) is 15.6. The van der Waals surface area contributed by atoms with Crippen molar-refractivity contribution < 1.29 is 19.1 Å². The molecule has 0 unspecified atom stereocenters. The van der Waals surface area contributed by atoms with Crippen LogP contribution in [0.4, 0.5) is 0 Å². The fourth-order valence-corrected chi connectivity index (χ4v) is 2.06. The highest BCUT2D eigenvalue weighted by Gasteiger charge is 2.16. The second-order valence-electron chi connectivity index (χ2n) is 6.08. The number of rotatable bonds is 4. The van der Waals surface area contributed by atoms with Gasteiger partial charge in [0.05, 0.1) is 6.26 Å². The van der Waals surface area contributed by atoms with Crippen LogP contribution in [0.2, 0.25) is 0 Å². The van der Waals surface area contributed by atoms with Crippen molar-refractivity contribution in [2.75, 3.05) is 0 Å². The largest absolute Gasteiger partial charge is 0.485 e. The molecule has 0 aliphatic rings. The first-order valence-electron chi connectivity index (χ1n) is 6.82. The van der Waals surface area contributed by atoms with Gasteiger partial charge < -0.3 is 14.3 Å². The summed E-state index contributed by atoms with van der Waals surface area (Å²) in [6, 6.07) is 7.47. The molecular formula is C17H20O4. The number of carboxylic acid groups (broad SMARTS) is 1. The van der Waals surface area contributed by atoms with Crippen molar-refractivity contribution in [3.63, 3.8) is 0 Å². The van der Waals surface area contributed by atoms with Crippen LogP contribution in [0.15, 0.2) is 34.9 Å². The van der Waals surface area contributed by atoms with Crippen molar-refractivity contribution >= 4 is 5.97 Å². The van der Waals surface area contributed by atoms with Crippen LogP contribution >= 0.6 is 0 Å². The van der Waals surface area contributed by atoms with E-state index in [1.165, 1.54) is 17.9 Å². The Hall–Kier alpha value is -2.23. The minimum atomic E-state index is -1.01. The predicted molar refractivity (Wildman–Crippen MR) is 79.9 cm³/mol. The maximum atomic E-state index is 11.0. The maximum absolute atomic E-state index is 11.0. The first kappa shape index (κ1) is 15.2. The molecule has 1 N–H and O–H groups in total. The van der Waals surface area contributed by atoms with Gasteiger partial charge in [-0.2, -0.15) is 0 Å². The number of hydrogen-bond acceptors (Lipinski definition) is 3. The van der Waals surface area contributed by atoms with Gasteiger partial charge in [-0.3, -0.25) is 0 Å². The first-order valence-corrected chi connectivity index (χ1v) is 6.82. The summed E-state index contributed by atoms with van der Waals surface area (Å²) in [6.45, 7) is 8.55. The third-order valence-corrected chi connectivity index (χ3v) is 3.38. The Kier molecular flexibility index (Phi) is 4.07. The average molecular weight is 288 g/mol. The normalized spacial score (nSPS) is 11.4. The van der Waals surface area contributed by atoms with Gasteiger partial charge in [-0.1, -0.05) is 32.9 Å². The number of aryl methyl sites for hydroxylation is 1. The van der Waals surface area contributed by atoms with E-state index < -0.39 is 5.97 Å². The van der Waals surface area contributed by atoms with Crippen molar-refractivity contribution in [2.24, 2.45) is 0 Å². The Balaban J connectivity index is 2.14. The van der Waals surface area contributed by atoms with Gasteiger partial charge >= 0.3 is 5.97 Å². The van der Waals surface area contributed by atoms with Gasteiger partial charge in [0.25, 0.3) is 0 Å². The molecule has 0 saturated carbocycles. The monoisotopic (exact) mass is 288 g/mol. The third kappa shape index (κ3) is 3.45. The molecule has 1 heterocycles. The molecule has 1 aromatic carbocycles. The van der Waals surface area contributed by atoms with Gasteiger partial charge in [0.2, 0.25) is 0 Å². The summed E-state index contributed by atoms with van der Waals surface area (Å²) in [5, 5.41) is 9.02. The number of aromatic carboxylic acids is 1. The van der Waals surface area contributed by atoms with E-state index in [1.54, 1.807) is 0 Å². The Morgan fingerprint density at radius 2 is 2.00 bits per heavy atom. The van der Waals surface area contributed by atoms with Crippen LogP contribution in [0.1, 0.15) is 48.0 Å². The highest BCUT2D eigenvalue weighted by molar-refractivity contribution is 5.88. The summed E-state index contributed by atoms with van der Waals surface area (Å²) in [5.74, 6) is 0.0414. The molecule has 0 amide bonds. The second kappa shape index (κ2) is 5.64. The number of benzene rings is 1. The van der Waals surface area contributed by atoms with E-state index >= 15 is 0 Å². The second-order valence-corrected chi connectivity index (χ2v) is 6.08. The molecule has 0 saturated heterocycles. The van der Waals surface area contributed by atoms with E-state index in [-0.39, 0.29) is 17.6 Å². The van der Waals surface area contributed by atoms with Crippen molar-refractivity contribution in [3.8, 4) is 5.75 Å². The number of hydrogen-bond donors (Lipinski definition) is 1. The van der Waals surface area contributed by atoms with Crippen LogP contribution in [-0.2, 0) is 12.0 Å². The SMILES string of the molecule is Cc1cc(C(C)(C)C)ccc1OCc1occc1C(=O)O. The number of ether oxygens (including phenoxy) is 1. The van der Waals surface area contributed by atoms with Crippen LogP contribution in [-0.4, -0.2) is 11.1 Å². The van der Waals surface area contributed by atoms with E-state index in [9.17, 15) is 4.79 Å². The topological polar surface area (TPSA) is 59.7 Å². The zero-order valence-corrected chi connectivity index (χ0v) is 12.8. The molecule has 0 spiro atoms. The number of furan rings is 1. The molecule has 2 rings (SSSR count). The Labute approximate surface area is 124 Å². The van der Waals surface area contributed by atoms with Crippen LogP contribution < -0.4 is 4.74 Å². The van der Waals surface area contributed by atoms with Gasteiger partial charge in [-0.05, 0) is 35.6 Å². The quantitative estimate of drug-likeness (QED) is 0.917. The van der Waals surface area contributed by atoms with Gasteiger partial charge in [-0.25, -0.2) is 4.79 Å². The summed E-state index contributed by atoms with van der Waals surface area (Å²) in [7, 11) is 0. The summed E-state index contributed by atoms with van der Waals surface area (Å²) < 4.78 is 10.8. The maximum Gasteiger partial charge on any atom is 0.339 e. The Morgan fingerprint density at radius 1 is 1.29 bits per heavy atom. The molecule has 4 heteroatoms. The van der Waals surface area contributed by atoms with Crippen LogP contribution in [0.5, 0.6) is 5.75 Å². The highest BCUT2D eigenvalue weighted by atomic mass is 16.5. The smallest absolute Gasteiger partial charge is 0.339 e. The molecule has 2 aromatic rings. The average Bonchev–Trinajstić information content (AvgIpc) is 2.84. The van der Waals surface area contributed by atoms with E-state index in [0.29, 0.717) is 5.76 Å². The summed E-state index contributed by atoms with van der Waals surface area (Å²) >= 11 is 0. The van der Waals surface area contributed by atoms with Gasteiger partial charge in [-0.15, -0.1) is 0 Å². The summed E-state index contributed by atoms with van der Waals surface area (Å²) in [5.41, 5.74) is 2.47. The van der Waals surface area contributed by atoms with Gasteiger partial charge in [0.1, 0.15) is 17.9 Å². The minimum absolute atomic E-state index is 0.0841. The molecule has 4 nitrogen and oxygen atoms in total. The lowest BCUT2D eigenvalue weighted by Crippen LogP contribution is -2.11. The lowest BCUT2D eigenvalue weighted by atomic mass is 9.86. The number of carbonyl (C=O) groups is 1. The molecule has 0 radical (unpaired) electrons. The van der Waals surface area contributed by atoms with Gasteiger partial charge in [0, 0.05) is 0 Å². The summed E-state index contributed by atoms with van der Waals surface area (Å²) in [4.78, 5) is 11.0. The molecule has 1 aromatic heterocycles. The van der Waals surface area contributed by atoms with Crippen LogP contribution in [0, 0.1) is 6.92 Å². The Bertz CT molecular complexity index is 647. The molecule has 21 heavy (non-hydrogen) atoms. The van der Waals surface area contributed by atoms with Crippen molar-refractivity contribution in [1.82, 2.24) is 0 Å². The van der Waals surface area contributed by atoms with Gasteiger partial charge in [0.15, 0.2) is 5.76 Å². The molecule has 0 atom stereocenters. The molecular weight excluding hydrogens is 268 g/mol. The van der Waals surface area contributed by atoms with E-state index in [0.717, 1.165) is 11.3 Å². The molecule has 0 fully saturated rings. The zero-order valence-electron chi connectivity index (χ0n) is 12.8. The van der Waals surface area contributed by atoms with Crippen molar-refractivity contribution in [1.29, 1.82) is 0 Å². The molecule has 0 aliphatic carbocycles.